The SMILES string of the molecule is COc1ccccc1C1NNC(N)C1c1ccccc1. The highest BCUT2D eigenvalue weighted by Crippen LogP contribution is 2.38. The fourth-order valence-electron chi connectivity index (χ4n) is 2.84. The van der Waals surface area contributed by atoms with Gasteiger partial charge in [0.15, 0.2) is 0 Å². The Labute approximate surface area is 118 Å². The van der Waals surface area contributed by atoms with Gasteiger partial charge in [-0.25, -0.2) is 10.9 Å². The highest BCUT2D eigenvalue weighted by Gasteiger charge is 2.36. The molecule has 3 atom stereocenters. The maximum absolute atomic E-state index is 6.22. The number of hydrogen-bond donors (Lipinski definition) is 3. The molecule has 1 heterocycles. The molecule has 0 aromatic heterocycles. The highest BCUT2D eigenvalue weighted by atomic mass is 16.5. The van der Waals surface area contributed by atoms with Crippen molar-refractivity contribution in [3.63, 3.8) is 0 Å². The van der Waals surface area contributed by atoms with Crippen LogP contribution in [-0.4, -0.2) is 13.3 Å². The van der Waals surface area contributed by atoms with Gasteiger partial charge in [-0.15, -0.1) is 0 Å². The second kappa shape index (κ2) is 5.63. The number of ether oxygens (including phenoxy) is 1. The molecular formula is C16H19N3O. The van der Waals surface area contributed by atoms with Crippen LogP contribution in [0, 0.1) is 0 Å². The number of methoxy groups -OCH3 is 1. The lowest BCUT2D eigenvalue weighted by Gasteiger charge is -2.23. The first-order valence-electron chi connectivity index (χ1n) is 6.76. The Bertz CT molecular complexity index is 573. The van der Waals surface area contributed by atoms with E-state index in [1.165, 1.54) is 5.56 Å². The van der Waals surface area contributed by atoms with Gasteiger partial charge in [0, 0.05) is 11.5 Å². The third-order valence-electron chi connectivity index (χ3n) is 3.81. The predicted octanol–water partition coefficient (Wildman–Crippen LogP) is 1.91. The number of para-hydroxylation sites is 1. The van der Waals surface area contributed by atoms with E-state index >= 15 is 0 Å². The second-order valence-corrected chi connectivity index (χ2v) is 4.97. The van der Waals surface area contributed by atoms with Gasteiger partial charge >= 0.3 is 0 Å². The van der Waals surface area contributed by atoms with Gasteiger partial charge in [0.1, 0.15) is 5.75 Å². The molecule has 20 heavy (non-hydrogen) atoms. The molecule has 0 spiro atoms. The molecule has 1 saturated heterocycles. The van der Waals surface area contributed by atoms with Crippen LogP contribution in [0.2, 0.25) is 0 Å². The topological polar surface area (TPSA) is 59.3 Å². The van der Waals surface area contributed by atoms with Crippen LogP contribution >= 0.6 is 0 Å². The van der Waals surface area contributed by atoms with E-state index in [2.05, 4.69) is 29.1 Å². The molecule has 0 amide bonds. The molecule has 1 fully saturated rings. The van der Waals surface area contributed by atoms with E-state index < -0.39 is 0 Å². The molecule has 0 saturated carbocycles. The van der Waals surface area contributed by atoms with Crippen LogP contribution in [0.4, 0.5) is 0 Å². The quantitative estimate of drug-likeness (QED) is 0.796. The molecular weight excluding hydrogens is 250 g/mol. The van der Waals surface area contributed by atoms with Crippen molar-refractivity contribution in [3.8, 4) is 5.75 Å². The Morgan fingerprint density at radius 1 is 0.950 bits per heavy atom. The zero-order valence-electron chi connectivity index (χ0n) is 11.4. The first-order chi connectivity index (χ1) is 9.81. The molecule has 2 aromatic carbocycles. The van der Waals surface area contributed by atoms with E-state index in [0.29, 0.717) is 0 Å². The summed E-state index contributed by atoms with van der Waals surface area (Å²) in [4.78, 5) is 0. The van der Waals surface area contributed by atoms with Gasteiger partial charge in [0.2, 0.25) is 0 Å². The van der Waals surface area contributed by atoms with Crippen LogP contribution in [0.5, 0.6) is 5.75 Å². The van der Waals surface area contributed by atoms with Crippen LogP contribution in [0.1, 0.15) is 23.1 Å². The summed E-state index contributed by atoms with van der Waals surface area (Å²) in [7, 11) is 1.69. The van der Waals surface area contributed by atoms with Crippen molar-refractivity contribution < 1.29 is 4.74 Å². The number of hydrazine groups is 1. The van der Waals surface area contributed by atoms with Gasteiger partial charge in [-0.05, 0) is 11.6 Å². The lowest BCUT2D eigenvalue weighted by Crippen LogP contribution is -2.38. The molecule has 4 heteroatoms. The van der Waals surface area contributed by atoms with Gasteiger partial charge in [-0.3, -0.25) is 0 Å². The normalized spacial score (nSPS) is 25.6. The predicted molar refractivity (Wildman–Crippen MR) is 79.2 cm³/mol. The summed E-state index contributed by atoms with van der Waals surface area (Å²) >= 11 is 0. The summed E-state index contributed by atoms with van der Waals surface area (Å²) in [6.07, 6.45) is -0.132. The van der Waals surface area contributed by atoms with Crippen LogP contribution < -0.4 is 21.3 Å². The molecule has 1 aliphatic rings. The summed E-state index contributed by atoms with van der Waals surface area (Å²) in [5.74, 6) is 1.04. The molecule has 3 rings (SSSR count). The Balaban J connectivity index is 2.00. The van der Waals surface area contributed by atoms with Crippen molar-refractivity contribution >= 4 is 0 Å². The minimum absolute atomic E-state index is 0.0866. The highest BCUT2D eigenvalue weighted by molar-refractivity contribution is 5.40. The average Bonchev–Trinajstić information content (AvgIpc) is 2.89. The van der Waals surface area contributed by atoms with E-state index in [0.717, 1.165) is 11.3 Å². The lowest BCUT2D eigenvalue weighted by atomic mass is 9.86. The van der Waals surface area contributed by atoms with E-state index in [9.17, 15) is 0 Å². The van der Waals surface area contributed by atoms with Crippen molar-refractivity contribution in [2.75, 3.05) is 7.11 Å². The molecule has 4 N–H and O–H groups in total. The van der Waals surface area contributed by atoms with Gasteiger partial charge in [-0.2, -0.15) is 0 Å². The third kappa shape index (κ3) is 2.29. The molecule has 0 radical (unpaired) electrons. The monoisotopic (exact) mass is 269 g/mol. The lowest BCUT2D eigenvalue weighted by molar-refractivity contribution is 0.399. The Kier molecular flexibility index (Phi) is 3.69. The number of nitrogens with one attached hydrogen (secondary N) is 2. The minimum Gasteiger partial charge on any atom is -0.496 e. The number of hydrogen-bond acceptors (Lipinski definition) is 4. The molecule has 104 valence electrons. The largest absolute Gasteiger partial charge is 0.496 e. The van der Waals surface area contributed by atoms with E-state index in [4.69, 9.17) is 10.5 Å². The van der Waals surface area contributed by atoms with Crippen LogP contribution in [-0.2, 0) is 0 Å². The van der Waals surface area contributed by atoms with Crippen molar-refractivity contribution in [1.29, 1.82) is 0 Å². The number of rotatable bonds is 3. The first kappa shape index (κ1) is 13.1. The average molecular weight is 269 g/mol. The van der Waals surface area contributed by atoms with E-state index in [1.807, 2.05) is 36.4 Å². The number of benzene rings is 2. The molecule has 1 aliphatic heterocycles. The van der Waals surface area contributed by atoms with Crippen molar-refractivity contribution in [3.05, 3.63) is 65.7 Å². The Morgan fingerprint density at radius 2 is 1.65 bits per heavy atom. The van der Waals surface area contributed by atoms with Gasteiger partial charge < -0.3 is 10.5 Å². The second-order valence-electron chi connectivity index (χ2n) is 4.97. The van der Waals surface area contributed by atoms with Crippen molar-refractivity contribution in [2.45, 2.75) is 18.1 Å². The Morgan fingerprint density at radius 3 is 2.40 bits per heavy atom. The van der Waals surface area contributed by atoms with Gasteiger partial charge in [0.25, 0.3) is 0 Å². The zero-order chi connectivity index (χ0) is 13.9. The maximum Gasteiger partial charge on any atom is 0.123 e. The van der Waals surface area contributed by atoms with E-state index in [-0.39, 0.29) is 18.1 Å². The minimum atomic E-state index is -0.132. The van der Waals surface area contributed by atoms with Crippen molar-refractivity contribution in [1.82, 2.24) is 10.9 Å². The maximum atomic E-state index is 6.22. The summed E-state index contributed by atoms with van der Waals surface area (Å²) in [5, 5.41) is 0. The fourth-order valence-corrected chi connectivity index (χ4v) is 2.84. The molecule has 2 aromatic rings. The summed E-state index contributed by atoms with van der Waals surface area (Å²) < 4.78 is 5.47. The van der Waals surface area contributed by atoms with E-state index in [1.54, 1.807) is 7.11 Å². The molecule has 0 bridgehead atoms. The summed E-state index contributed by atoms with van der Waals surface area (Å²) in [6.45, 7) is 0. The van der Waals surface area contributed by atoms with Crippen LogP contribution in [0.25, 0.3) is 0 Å². The zero-order valence-corrected chi connectivity index (χ0v) is 11.4. The van der Waals surface area contributed by atoms with Crippen LogP contribution in [0.15, 0.2) is 54.6 Å². The summed E-state index contributed by atoms with van der Waals surface area (Å²) in [6, 6.07) is 18.5. The smallest absolute Gasteiger partial charge is 0.123 e. The third-order valence-corrected chi connectivity index (χ3v) is 3.81. The van der Waals surface area contributed by atoms with Crippen LogP contribution in [0.3, 0.4) is 0 Å². The van der Waals surface area contributed by atoms with Gasteiger partial charge in [0.05, 0.1) is 19.3 Å². The molecule has 3 unspecified atom stereocenters. The van der Waals surface area contributed by atoms with Gasteiger partial charge in [-0.1, -0.05) is 48.5 Å². The Hall–Kier alpha value is -1.88. The fraction of sp³-hybridized carbons (Fsp3) is 0.250. The standard InChI is InChI=1S/C16H19N3O/c1-20-13-10-6-5-9-12(13)15-14(16(17)19-18-15)11-7-3-2-4-8-11/h2-10,14-16,18-19H,17H2,1H3. The molecule has 0 aliphatic carbocycles. The van der Waals surface area contributed by atoms with Crippen molar-refractivity contribution in [2.24, 2.45) is 5.73 Å². The number of nitrogens with two attached hydrogens (primary N) is 1. The summed E-state index contributed by atoms with van der Waals surface area (Å²) in [5.41, 5.74) is 15.0. The first-order valence-corrected chi connectivity index (χ1v) is 6.76. The molecule has 4 nitrogen and oxygen atoms in total.